The van der Waals surface area contributed by atoms with Gasteiger partial charge in [-0.2, -0.15) is 0 Å². The number of nitrogens with zero attached hydrogens (tertiary/aromatic N) is 1. The zero-order valence-corrected chi connectivity index (χ0v) is 14.9. The molecule has 25 heavy (non-hydrogen) atoms. The molecular weight excluding hydrogens is 336 g/mol. The number of fused-ring (bicyclic) bond motifs is 1. The smallest absolute Gasteiger partial charge is 0.252 e. The normalized spacial score (nSPS) is 10.8. The average molecular weight is 355 g/mol. The van der Waals surface area contributed by atoms with Crippen LogP contribution in [0.2, 0.25) is 5.02 Å². The molecule has 4 nitrogen and oxygen atoms in total. The highest BCUT2D eigenvalue weighted by Gasteiger charge is 2.18. The van der Waals surface area contributed by atoms with E-state index in [1.807, 2.05) is 55.5 Å². The van der Waals surface area contributed by atoms with Gasteiger partial charge in [0.25, 0.3) is 5.91 Å². The van der Waals surface area contributed by atoms with Crippen LogP contribution in [0.1, 0.15) is 15.9 Å². The van der Waals surface area contributed by atoms with Crippen molar-refractivity contribution in [3.63, 3.8) is 0 Å². The monoisotopic (exact) mass is 354 g/mol. The Balaban J connectivity index is 2.17. The Morgan fingerprint density at radius 3 is 2.76 bits per heavy atom. The molecule has 1 aromatic heterocycles. The number of pyridine rings is 1. The SMILES string of the molecule is COCCNC(=O)c1c(C)c(-c2cccc(Cl)c2)nc2ccccc12. The second kappa shape index (κ2) is 7.64. The van der Waals surface area contributed by atoms with Gasteiger partial charge in [-0.05, 0) is 30.7 Å². The molecule has 128 valence electrons. The largest absolute Gasteiger partial charge is 0.383 e. The predicted octanol–water partition coefficient (Wildman–Crippen LogP) is 4.24. The maximum absolute atomic E-state index is 12.8. The first kappa shape index (κ1) is 17.4. The molecule has 1 N–H and O–H groups in total. The minimum absolute atomic E-state index is 0.128. The van der Waals surface area contributed by atoms with E-state index in [-0.39, 0.29) is 5.91 Å². The van der Waals surface area contributed by atoms with Gasteiger partial charge in [0.15, 0.2) is 0 Å². The van der Waals surface area contributed by atoms with Gasteiger partial charge in [0.05, 0.1) is 23.4 Å². The Morgan fingerprint density at radius 1 is 1.20 bits per heavy atom. The van der Waals surface area contributed by atoms with Crippen molar-refractivity contribution in [3.8, 4) is 11.3 Å². The lowest BCUT2D eigenvalue weighted by molar-refractivity contribution is 0.0938. The maximum Gasteiger partial charge on any atom is 0.252 e. The van der Waals surface area contributed by atoms with Crippen molar-refractivity contribution in [2.75, 3.05) is 20.3 Å². The number of amides is 1. The number of hydrogen-bond donors (Lipinski definition) is 1. The molecule has 0 aliphatic heterocycles. The first-order chi connectivity index (χ1) is 12.1. The lowest BCUT2D eigenvalue weighted by Crippen LogP contribution is -2.28. The number of methoxy groups -OCH3 is 1. The zero-order valence-electron chi connectivity index (χ0n) is 14.2. The number of aromatic nitrogens is 1. The van der Waals surface area contributed by atoms with Crippen molar-refractivity contribution in [3.05, 3.63) is 64.7 Å². The third-order valence-corrected chi connectivity index (χ3v) is 4.29. The van der Waals surface area contributed by atoms with Crippen LogP contribution in [0.4, 0.5) is 0 Å². The molecule has 0 aliphatic rings. The number of hydrogen-bond acceptors (Lipinski definition) is 3. The van der Waals surface area contributed by atoms with E-state index < -0.39 is 0 Å². The quantitative estimate of drug-likeness (QED) is 0.697. The number of rotatable bonds is 5. The van der Waals surface area contributed by atoms with Crippen LogP contribution in [0.15, 0.2) is 48.5 Å². The number of halogens is 1. The lowest BCUT2D eigenvalue weighted by atomic mass is 9.97. The van der Waals surface area contributed by atoms with Gasteiger partial charge < -0.3 is 10.1 Å². The van der Waals surface area contributed by atoms with Gasteiger partial charge in [-0.15, -0.1) is 0 Å². The molecule has 0 atom stereocenters. The number of para-hydroxylation sites is 1. The van der Waals surface area contributed by atoms with E-state index in [0.29, 0.717) is 23.7 Å². The summed E-state index contributed by atoms with van der Waals surface area (Å²) in [6.07, 6.45) is 0. The summed E-state index contributed by atoms with van der Waals surface area (Å²) in [6.45, 7) is 2.84. The Morgan fingerprint density at radius 2 is 2.00 bits per heavy atom. The van der Waals surface area contributed by atoms with Crippen LogP contribution in [0, 0.1) is 6.92 Å². The molecular formula is C20H19ClN2O2. The van der Waals surface area contributed by atoms with E-state index in [1.54, 1.807) is 7.11 Å². The molecule has 0 unspecified atom stereocenters. The highest BCUT2D eigenvalue weighted by molar-refractivity contribution is 6.30. The van der Waals surface area contributed by atoms with Crippen LogP contribution < -0.4 is 5.32 Å². The molecule has 5 heteroatoms. The van der Waals surface area contributed by atoms with Crippen molar-refractivity contribution in [1.29, 1.82) is 0 Å². The molecule has 1 heterocycles. The van der Waals surface area contributed by atoms with Crippen molar-refractivity contribution in [2.24, 2.45) is 0 Å². The van der Waals surface area contributed by atoms with Crippen molar-refractivity contribution >= 4 is 28.4 Å². The lowest BCUT2D eigenvalue weighted by Gasteiger charge is -2.15. The molecule has 0 saturated heterocycles. The van der Waals surface area contributed by atoms with Crippen LogP contribution in [-0.4, -0.2) is 31.2 Å². The van der Waals surface area contributed by atoms with Gasteiger partial charge in [-0.25, -0.2) is 4.98 Å². The Hall–Kier alpha value is -2.43. The molecule has 0 aliphatic carbocycles. The second-order valence-electron chi connectivity index (χ2n) is 5.74. The van der Waals surface area contributed by atoms with Gasteiger partial charge in [0.1, 0.15) is 0 Å². The van der Waals surface area contributed by atoms with Gasteiger partial charge in [-0.1, -0.05) is 41.9 Å². The summed E-state index contributed by atoms with van der Waals surface area (Å²) in [7, 11) is 1.61. The average Bonchev–Trinajstić information content (AvgIpc) is 2.61. The van der Waals surface area contributed by atoms with E-state index in [2.05, 4.69) is 5.32 Å². The van der Waals surface area contributed by atoms with Crippen LogP contribution in [0.25, 0.3) is 22.2 Å². The minimum atomic E-state index is -0.128. The van der Waals surface area contributed by atoms with Gasteiger partial charge in [0, 0.05) is 29.6 Å². The van der Waals surface area contributed by atoms with Gasteiger partial charge >= 0.3 is 0 Å². The number of ether oxygens (including phenoxy) is 1. The standard InChI is InChI=1S/C20H19ClN2O2/c1-13-18(20(24)22-10-11-25-2)16-8-3-4-9-17(16)23-19(13)14-6-5-7-15(21)12-14/h3-9,12H,10-11H2,1-2H3,(H,22,24). The topological polar surface area (TPSA) is 51.2 Å². The third-order valence-electron chi connectivity index (χ3n) is 4.05. The molecule has 0 bridgehead atoms. The molecule has 0 fully saturated rings. The molecule has 0 spiro atoms. The van der Waals surface area contributed by atoms with Crippen LogP contribution >= 0.6 is 11.6 Å². The molecule has 0 saturated carbocycles. The Kier molecular flexibility index (Phi) is 5.31. The molecule has 3 rings (SSSR count). The van der Waals surface area contributed by atoms with E-state index in [0.717, 1.165) is 27.7 Å². The van der Waals surface area contributed by atoms with E-state index >= 15 is 0 Å². The highest BCUT2D eigenvalue weighted by Crippen LogP contribution is 2.30. The van der Waals surface area contributed by atoms with Crippen molar-refractivity contribution < 1.29 is 9.53 Å². The number of benzene rings is 2. The summed E-state index contributed by atoms with van der Waals surface area (Å²) in [5, 5.41) is 4.38. The van der Waals surface area contributed by atoms with Gasteiger partial charge in [-0.3, -0.25) is 4.79 Å². The molecule has 0 radical (unpaired) electrons. The Labute approximate surface area is 151 Å². The van der Waals surface area contributed by atoms with Crippen LogP contribution in [0.5, 0.6) is 0 Å². The predicted molar refractivity (Wildman–Crippen MR) is 101 cm³/mol. The fourth-order valence-corrected chi connectivity index (χ4v) is 3.06. The van der Waals surface area contributed by atoms with Crippen LogP contribution in [0.3, 0.4) is 0 Å². The summed E-state index contributed by atoms with van der Waals surface area (Å²) in [5.74, 6) is -0.128. The van der Waals surface area contributed by atoms with Crippen molar-refractivity contribution in [1.82, 2.24) is 10.3 Å². The second-order valence-corrected chi connectivity index (χ2v) is 6.17. The fourth-order valence-electron chi connectivity index (χ4n) is 2.87. The highest BCUT2D eigenvalue weighted by atomic mass is 35.5. The summed E-state index contributed by atoms with van der Waals surface area (Å²) < 4.78 is 5.01. The third kappa shape index (κ3) is 3.65. The molecule has 3 aromatic rings. The first-order valence-corrected chi connectivity index (χ1v) is 8.42. The Bertz CT molecular complexity index is 925. The maximum atomic E-state index is 12.8. The summed E-state index contributed by atoms with van der Waals surface area (Å²) in [5.41, 5.74) is 3.90. The van der Waals surface area contributed by atoms with Crippen LogP contribution in [-0.2, 0) is 4.74 Å². The molecule has 2 aromatic carbocycles. The fraction of sp³-hybridized carbons (Fsp3) is 0.200. The first-order valence-electron chi connectivity index (χ1n) is 8.04. The van der Waals surface area contributed by atoms with Gasteiger partial charge in [0.2, 0.25) is 0 Å². The summed E-state index contributed by atoms with van der Waals surface area (Å²) >= 11 is 6.13. The number of carbonyl (C=O) groups is 1. The summed E-state index contributed by atoms with van der Waals surface area (Å²) in [4.78, 5) is 17.5. The summed E-state index contributed by atoms with van der Waals surface area (Å²) in [6, 6.07) is 15.2. The van der Waals surface area contributed by atoms with E-state index in [4.69, 9.17) is 21.3 Å². The minimum Gasteiger partial charge on any atom is -0.383 e. The zero-order chi connectivity index (χ0) is 17.8. The van der Waals surface area contributed by atoms with E-state index in [1.165, 1.54) is 0 Å². The molecule has 1 amide bonds. The number of carbonyl (C=O) groups excluding carboxylic acids is 1. The number of nitrogens with one attached hydrogen (secondary N) is 1. The van der Waals surface area contributed by atoms with E-state index in [9.17, 15) is 4.79 Å². The van der Waals surface area contributed by atoms with Crippen molar-refractivity contribution in [2.45, 2.75) is 6.92 Å².